The third kappa shape index (κ3) is 18.5. The molecule has 3 atom stereocenters. The van der Waals surface area contributed by atoms with E-state index in [0.717, 1.165) is 54.1 Å². The van der Waals surface area contributed by atoms with E-state index in [0.29, 0.717) is 32.1 Å². The average molecular weight is 684 g/mol. The number of hydrogen-bond donors (Lipinski definition) is 1. The molecule has 0 aromatic heterocycles. The predicted octanol–water partition coefficient (Wildman–Crippen LogP) is 12.1. The van der Waals surface area contributed by atoms with Gasteiger partial charge in [0.15, 0.2) is 12.3 Å². The molecule has 0 fully saturated rings. The number of nitrogens with one attached hydrogen (secondary N) is 1. The molecule has 7 nitrogen and oxygen atoms in total. The highest BCUT2D eigenvalue weighted by Gasteiger charge is 2.34. The van der Waals surface area contributed by atoms with Crippen LogP contribution < -0.4 is 15.0 Å². The van der Waals surface area contributed by atoms with Crippen LogP contribution in [0.2, 0.25) is 0 Å². The zero-order chi connectivity index (χ0) is 35.1. The molecule has 1 aliphatic rings. The Morgan fingerprint density at radius 3 is 2.04 bits per heavy atom. The topological polar surface area (TPSA) is 67.4 Å². The summed E-state index contributed by atoms with van der Waals surface area (Å²) in [5.41, 5.74) is 7.17. The first-order chi connectivity index (χ1) is 22.5. The van der Waals surface area contributed by atoms with Crippen LogP contribution in [0.15, 0.2) is 0 Å². The fraction of sp³-hybridized carbons (Fsp3) is 0.846. The number of ether oxygens (including phenoxy) is 2. The van der Waals surface area contributed by atoms with Gasteiger partial charge in [0.05, 0.1) is 6.61 Å². The summed E-state index contributed by atoms with van der Waals surface area (Å²) in [5, 5.41) is 4.42. The van der Waals surface area contributed by atoms with Crippen molar-refractivity contribution in [3.63, 3.8) is 0 Å². The minimum atomic E-state index is -0.0974. The fourth-order valence-electron chi connectivity index (χ4n) is 6.16. The molecule has 0 aliphatic carbocycles. The number of unbranched alkanes of at least 4 members (excludes halogenated alkanes) is 3. The van der Waals surface area contributed by atoms with E-state index in [2.05, 4.69) is 89.1 Å². The van der Waals surface area contributed by atoms with Crippen molar-refractivity contribution in [2.45, 2.75) is 178 Å². The van der Waals surface area contributed by atoms with Crippen molar-refractivity contribution < 1.29 is 28.0 Å². The van der Waals surface area contributed by atoms with E-state index in [9.17, 15) is 0 Å². The molecule has 1 aromatic rings. The van der Waals surface area contributed by atoms with Crippen molar-refractivity contribution >= 4 is 12.3 Å². The van der Waals surface area contributed by atoms with E-state index in [1.54, 1.807) is 0 Å². The Labute approximate surface area is 294 Å². The summed E-state index contributed by atoms with van der Waals surface area (Å²) in [6.45, 7) is 25.9. The van der Waals surface area contributed by atoms with Crippen molar-refractivity contribution in [2.75, 3.05) is 19.8 Å². The second-order valence-corrected chi connectivity index (χ2v) is 15.1. The van der Waals surface area contributed by atoms with Crippen LogP contribution in [0.1, 0.15) is 168 Å². The van der Waals surface area contributed by atoms with E-state index in [4.69, 9.17) is 13.7 Å². The smallest absolute Gasteiger partial charge is 0.197 e. The molecule has 2 rings (SSSR count). The highest BCUT2D eigenvalue weighted by Crippen LogP contribution is 2.45. The van der Waals surface area contributed by atoms with Crippen molar-refractivity contribution in [3.8, 4) is 11.5 Å². The van der Waals surface area contributed by atoms with Crippen LogP contribution in [0.5, 0.6) is 11.5 Å². The Balaban J connectivity index is 0.00000260. The van der Waals surface area contributed by atoms with Gasteiger partial charge in [0.1, 0.15) is 23.7 Å². The lowest BCUT2D eigenvalue weighted by Gasteiger charge is -2.38. The van der Waals surface area contributed by atoms with Gasteiger partial charge in [-0.25, -0.2) is 0 Å². The zero-order valence-electron chi connectivity index (χ0n) is 32.3. The molecule has 8 heteroatoms. The van der Waals surface area contributed by atoms with E-state index in [1.807, 2.05) is 6.92 Å². The quantitative estimate of drug-likeness (QED) is 0.0473. The normalized spacial score (nSPS) is 17.1. The Morgan fingerprint density at radius 1 is 0.787 bits per heavy atom. The van der Waals surface area contributed by atoms with E-state index >= 15 is 0 Å². The molecule has 0 bridgehead atoms. The van der Waals surface area contributed by atoms with Crippen LogP contribution in [0.25, 0.3) is 0 Å². The zero-order valence-corrected chi connectivity index (χ0v) is 33.1. The van der Waals surface area contributed by atoms with Crippen molar-refractivity contribution in [1.29, 1.82) is 0 Å². The molecular weight excluding hydrogens is 610 g/mol. The molecule has 276 valence electrons. The summed E-state index contributed by atoms with van der Waals surface area (Å²) >= 11 is 0.703. The molecule has 1 heterocycles. The van der Waals surface area contributed by atoms with Crippen molar-refractivity contribution in [3.05, 3.63) is 22.3 Å². The van der Waals surface area contributed by atoms with Gasteiger partial charge in [-0.15, -0.1) is 9.32 Å². The van der Waals surface area contributed by atoms with E-state index in [-0.39, 0.29) is 5.60 Å². The second kappa shape index (κ2) is 25.9. The SMILES string of the molecule is CCCC.CCNOOOSOCCOc1c(C)c(C)c2c(c1C)CC[C@@](C)(CCCCC[C@H](C)CCC[C@H](C)CCCC(C)C)O2. The minimum absolute atomic E-state index is 0.0974. The lowest BCUT2D eigenvalue weighted by molar-refractivity contribution is -0.487. The van der Waals surface area contributed by atoms with Gasteiger partial charge in [-0.1, -0.05) is 119 Å². The first-order valence-corrected chi connectivity index (χ1v) is 19.6. The summed E-state index contributed by atoms with van der Waals surface area (Å²) in [4.78, 5) is 4.53. The van der Waals surface area contributed by atoms with Crippen molar-refractivity contribution in [2.24, 2.45) is 17.8 Å². The Morgan fingerprint density at radius 2 is 1.43 bits per heavy atom. The van der Waals surface area contributed by atoms with Gasteiger partial charge in [-0.05, 0) is 92.9 Å². The van der Waals surface area contributed by atoms with Crippen molar-refractivity contribution in [1.82, 2.24) is 5.48 Å². The van der Waals surface area contributed by atoms with Gasteiger partial charge in [0.25, 0.3) is 0 Å². The Bertz CT molecular complexity index is 943. The molecule has 0 saturated carbocycles. The third-order valence-electron chi connectivity index (χ3n) is 9.59. The number of hydrogen-bond acceptors (Lipinski definition) is 8. The first-order valence-electron chi connectivity index (χ1n) is 18.9. The molecule has 0 radical (unpaired) electrons. The predicted molar refractivity (Wildman–Crippen MR) is 199 cm³/mol. The maximum atomic E-state index is 6.78. The summed E-state index contributed by atoms with van der Waals surface area (Å²) in [5.74, 6) is 4.57. The summed E-state index contributed by atoms with van der Waals surface area (Å²) < 4.78 is 22.9. The molecule has 0 amide bonds. The van der Waals surface area contributed by atoms with Crippen LogP contribution in [0, 0.1) is 38.5 Å². The molecule has 0 unspecified atom stereocenters. The van der Waals surface area contributed by atoms with Gasteiger partial charge in [0.2, 0.25) is 0 Å². The fourth-order valence-corrected chi connectivity index (χ4v) is 6.39. The van der Waals surface area contributed by atoms with Crippen LogP contribution in [0.3, 0.4) is 0 Å². The third-order valence-corrected chi connectivity index (χ3v) is 9.97. The maximum Gasteiger partial charge on any atom is 0.197 e. The monoisotopic (exact) mass is 684 g/mol. The molecule has 1 N–H and O–H groups in total. The van der Waals surface area contributed by atoms with Gasteiger partial charge >= 0.3 is 0 Å². The van der Waals surface area contributed by atoms with Gasteiger partial charge in [-0.2, -0.15) is 5.48 Å². The van der Waals surface area contributed by atoms with Crippen LogP contribution in [-0.2, 0) is 25.0 Å². The van der Waals surface area contributed by atoms with Gasteiger partial charge in [-0.3, -0.25) is 4.18 Å². The summed E-state index contributed by atoms with van der Waals surface area (Å²) in [6, 6.07) is 0. The molecule has 47 heavy (non-hydrogen) atoms. The second-order valence-electron chi connectivity index (χ2n) is 14.6. The van der Waals surface area contributed by atoms with Crippen LogP contribution >= 0.6 is 12.3 Å². The summed E-state index contributed by atoms with van der Waals surface area (Å²) in [7, 11) is 0. The first kappa shape index (κ1) is 44.0. The van der Waals surface area contributed by atoms with Gasteiger partial charge < -0.3 is 9.47 Å². The molecule has 1 aromatic carbocycles. The highest BCUT2D eigenvalue weighted by molar-refractivity contribution is 7.89. The van der Waals surface area contributed by atoms with E-state index < -0.39 is 0 Å². The maximum absolute atomic E-state index is 6.78. The molecule has 0 saturated heterocycles. The lowest BCUT2D eigenvalue weighted by Crippen LogP contribution is -2.37. The van der Waals surface area contributed by atoms with E-state index in [1.165, 1.54) is 93.7 Å². The van der Waals surface area contributed by atoms with Crippen LogP contribution in [0.4, 0.5) is 0 Å². The number of hydroxylamine groups is 1. The summed E-state index contributed by atoms with van der Waals surface area (Å²) in [6.07, 6.45) is 19.4. The number of rotatable bonds is 25. The minimum Gasteiger partial charge on any atom is -0.491 e. The Hall–Kier alpha value is -1.03. The highest BCUT2D eigenvalue weighted by atomic mass is 32.2. The Kier molecular flexibility index (Phi) is 24.2. The van der Waals surface area contributed by atoms with Gasteiger partial charge in [0, 0.05) is 12.1 Å². The van der Waals surface area contributed by atoms with Crippen LogP contribution in [-0.4, -0.2) is 25.4 Å². The lowest BCUT2D eigenvalue weighted by atomic mass is 9.84. The molecule has 0 spiro atoms. The average Bonchev–Trinajstić information content (AvgIpc) is 3.04. The number of fused-ring (bicyclic) bond motifs is 1. The number of benzene rings is 1. The molecular formula is C39H73NO6S. The largest absolute Gasteiger partial charge is 0.491 e. The molecule has 1 aliphatic heterocycles. The standard InChI is InChI=1S/C35H63NO6S.C4H10/c1-10-36-40-41-42-43-38-25-24-37-33-29(6)30(7)34-32(31(33)8)21-23-35(9,39-34)22-13-11-12-17-27(4)19-15-20-28(5)18-14-16-26(2)3;1-3-4-2/h26-28,36H,10-25H2,1-9H3;3-4H2,1-2H3/t27-,28+,35+;/m0./s1.